The molecule has 0 aliphatic rings. The average Bonchev–Trinajstić information content (AvgIpc) is 2.29. The zero-order valence-corrected chi connectivity index (χ0v) is 10.5. The third kappa shape index (κ3) is 2.31. The minimum atomic E-state index is 0.0927. The van der Waals surface area contributed by atoms with E-state index in [4.69, 9.17) is 0 Å². The van der Waals surface area contributed by atoms with E-state index in [9.17, 15) is 4.79 Å². The van der Waals surface area contributed by atoms with Crippen molar-refractivity contribution in [3.8, 4) is 0 Å². The molecule has 1 aromatic heterocycles. The molecule has 88 valence electrons. The van der Waals surface area contributed by atoms with Gasteiger partial charge in [0.25, 0.3) is 5.56 Å². The predicted molar refractivity (Wildman–Crippen MR) is 70.5 cm³/mol. The van der Waals surface area contributed by atoms with Crippen molar-refractivity contribution in [1.82, 2.24) is 4.57 Å². The summed E-state index contributed by atoms with van der Waals surface area (Å²) in [5, 5.41) is 0. The summed E-state index contributed by atoms with van der Waals surface area (Å²) < 4.78 is 1.77. The lowest BCUT2D eigenvalue weighted by Crippen LogP contribution is -2.22. The lowest BCUT2D eigenvalue weighted by Gasteiger charge is -2.12. The van der Waals surface area contributed by atoms with E-state index in [-0.39, 0.29) is 5.56 Å². The lowest BCUT2D eigenvalue weighted by atomic mass is 10.0. The molecule has 0 unspecified atom stereocenters. The highest BCUT2D eigenvalue weighted by Gasteiger charge is 2.05. The molecule has 1 aromatic carbocycles. The Labute approximate surface area is 102 Å². The van der Waals surface area contributed by atoms with E-state index < -0.39 is 0 Å². The van der Waals surface area contributed by atoms with Crippen molar-refractivity contribution in [3.05, 3.63) is 69.1 Å². The normalized spacial score (nSPS) is 10.5. The zero-order chi connectivity index (χ0) is 12.4. The summed E-state index contributed by atoms with van der Waals surface area (Å²) in [7, 11) is 0. The van der Waals surface area contributed by atoms with Gasteiger partial charge in [0, 0.05) is 11.8 Å². The molecule has 0 amide bonds. The quantitative estimate of drug-likeness (QED) is 0.773. The van der Waals surface area contributed by atoms with Gasteiger partial charge >= 0.3 is 0 Å². The van der Waals surface area contributed by atoms with Crippen LogP contribution in [0.25, 0.3) is 0 Å². The minimum absolute atomic E-state index is 0.0927. The Balaban J connectivity index is 2.45. The number of hydrogen-bond acceptors (Lipinski definition) is 1. The van der Waals surface area contributed by atoms with Crippen LogP contribution in [0.2, 0.25) is 0 Å². The molecule has 0 aliphatic heterocycles. The Morgan fingerprint density at radius 1 is 0.941 bits per heavy atom. The number of hydrogen-bond donors (Lipinski definition) is 0. The van der Waals surface area contributed by atoms with Crippen LogP contribution in [0.5, 0.6) is 0 Å². The van der Waals surface area contributed by atoms with Crippen LogP contribution in [0, 0.1) is 20.8 Å². The highest BCUT2D eigenvalue weighted by molar-refractivity contribution is 5.33. The minimum Gasteiger partial charge on any atom is -0.311 e. The average molecular weight is 227 g/mol. The maximum atomic E-state index is 12.0. The van der Waals surface area contributed by atoms with Gasteiger partial charge in [0.05, 0.1) is 6.54 Å². The van der Waals surface area contributed by atoms with Gasteiger partial charge in [0.1, 0.15) is 0 Å². The number of aromatic nitrogens is 1. The number of nitrogens with zero attached hydrogens (tertiary/aromatic N) is 1. The standard InChI is InChI=1S/C15H17NO/c1-11-6-4-7-12(2)14(11)10-16-9-5-8-13(3)15(16)17/h4-9H,10H2,1-3H3. The first-order chi connectivity index (χ1) is 8.09. The van der Waals surface area contributed by atoms with Gasteiger partial charge in [-0.05, 0) is 43.5 Å². The second-order valence-electron chi connectivity index (χ2n) is 4.49. The van der Waals surface area contributed by atoms with Crippen LogP contribution in [0.4, 0.5) is 0 Å². The summed E-state index contributed by atoms with van der Waals surface area (Å²) in [4.78, 5) is 12.0. The molecule has 0 bridgehead atoms. The van der Waals surface area contributed by atoms with Gasteiger partial charge < -0.3 is 4.57 Å². The monoisotopic (exact) mass is 227 g/mol. The highest BCUT2D eigenvalue weighted by atomic mass is 16.1. The number of pyridine rings is 1. The summed E-state index contributed by atoms with van der Waals surface area (Å²) in [6.07, 6.45) is 1.85. The van der Waals surface area contributed by atoms with E-state index in [1.165, 1.54) is 16.7 Å². The molecule has 2 heteroatoms. The van der Waals surface area contributed by atoms with E-state index in [2.05, 4.69) is 26.0 Å². The Kier molecular flexibility index (Phi) is 3.14. The van der Waals surface area contributed by atoms with Crippen LogP contribution in [-0.2, 0) is 6.54 Å². The van der Waals surface area contributed by atoms with Crippen LogP contribution in [0.3, 0.4) is 0 Å². The summed E-state index contributed by atoms with van der Waals surface area (Å²) >= 11 is 0. The van der Waals surface area contributed by atoms with Crippen molar-refractivity contribution in [1.29, 1.82) is 0 Å². The van der Waals surface area contributed by atoms with Gasteiger partial charge in [0.15, 0.2) is 0 Å². The van der Waals surface area contributed by atoms with E-state index in [1.54, 1.807) is 4.57 Å². The third-order valence-corrected chi connectivity index (χ3v) is 3.18. The smallest absolute Gasteiger partial charge is 0.253 e. The Bertz CT molecular complexity index is 576. The van der Waals surface area contributed by atoms with Gasteiger partial charge in [-0.2, -0.15) is 0 Å². The van der Waals surface area contributed by atoms with Crippen LogP contribution in [-0.4, -0.2) is 4.57 Å². The fourth-order valence-electron chi connectivity index (χ4n) is 2.05. The SMILES string of the molecule is Cc1cccc(C)c1Cn1cccc(C)c1=O. The molecule has 2 rings (SSSR count). The number of benzene rings is 1. The molecule has 17 heavy (non-hydrogen) atoms. The third-order valence-electron chi connectivity index (χ3n) is 3.18. The van der Waals surface area contributed by atoms with E-state index in [1.807, 2.05) is 31.3 Å². The van der Waals surface area contributed by atoms with Crippen LogP contribution in [0.1, 0.15) is 22.3 Å². The lowest BCUT2D eigenvalue weighted by molar-refractivity contribution is 0.744. The van der Waals surface area contributed by atoms with Crippen LogP contribution >= 0.6 is 0 Å². The molecule has 2 nitrogen and oxygen atoms in total. The van der Waals surface area contributed by atoms with E-state index >= 15 is 0 Å². The van der Waals surface area contributed by atoms with Gasteiger partial charge in [-0.3, -0.25) is 4.79 Å². The van der Waals surface area contributed by atoms with Crippen LogP contribution < -0.4 is 5.56 Å². The molecule has 0 radical (unpaired) electrons. The van der Waals surface area contributed by atoms with Gasteiger partial charge in [-0.25, -0.2) is 0 Å². The van der Waals surface area contributed by atoms with Crippen molar-refractivity contribution < 1.29 is 0 Å². The first-order valence-electron chi connectivity index (χ1n) is 5.81. The van der Waals surface area contributed by atoms with E-state index in [0.29, 0.717) is 6.54 Å². The second kappa shape index (κ2) is 4.58. The highest BCUT2D eigenvalue weighted by Crippen LogP contribution is 2.14. The first kappa shape index (κ1) is 11.6. The summed E-state index contributed by atoms with van der Waals surface area (Å²) in [6, 6.07) is 9.99. The summed E-state index contributed by atoms with van der Waals surface area (Å²) in [5.41, 5.74) is 4.59. The summed E-state index contributed by atoms with van der Waals surface area (Å²) in [6.45, 7) is 6.68. The molecule has 0 saturated carbocycles. The molecule has 0 N–H and O–H groups in total. The number of aryl methyl sites for hydroxylation is 3. The van der Waals surface area contributed by atoms with Gasteiger partial charge in [-0.1, -0.05) is 24.3 Å². The molecular weight excluding hydrogens is 210 g/mol. The maximum absolute atomic E-state index is 12.0. The van der Waals surface area contributed by atoms with Crippen molar-refractivity contribution in [2.45, 2.75) is 27.3 Å². The fourth-order valence-corrected chi connectivity index (χ4v) is 2.05. The maximum Gasteiger partial charge on any atom is 0.253 e. The molecule has 0 atom stereocenters. The molecule has 0 spiro atoms. The number of rotatable bonds is 2. The molecule has 2 aromatic rings. The van der Waals surface area contributed by atoms with E-state index in [0.717, 1.165) is 5.56 Å². The topological polar surface area (TPSA) is 22.0 Å². The largest absolute Gasteiger partial charge is 0.311 e. The van der Waals surface area contributed by atoms with Crippen molar-refractivity contribution in [2.75, 3.05) is 0 Å². The van der Waals surface area contributed by atoms with Crippen LogP contribution in [0.15, 0.2) is 41.3 Å². The first-order valence-corrected chi connectivity index (χ1v) is 5.81. The Morgan fingerprint density at radius 2 is 1.53 bits per heavy atom. The van der Waals surface area contributed by atoms with Gasteiger partial charge in [-0.15, -0.1) is 0 Å². The molecule has 1 heterocycles. The molecule has 0 fully saturated rings. The van der Waals surface area contributed by atoms with Crippen molar-refractivity contribution in [3.63, 3.8) is 0 Å². The Morgan fingerprint density at radius 3 is 2.18 bits per heavy atom. The van der Waals surface area contributed by atoms with Crippen molar-refractivity contribution in [2.24, 2.45) is 0 Å². The van der Waals surface area contributed by atoms with Crippen molar-refractivity contribution >= 4 is 0 Å². The molecular formula is C15H17NO. The zero-order valence-electron chi connectivity index (χ0n) is 10.5. The Hall–Kier alpha value is -1.83. The fraction of sp³-hybridized carbons (Fsp3) is 0.267. The summed E-state index contributed by atoms with van der Waals surface area (Å²) in [5.74, 6) is 0. The molecule has 0 aliphatic carbocycles. The van der Waals surface area contributed by atoms with Gasteiger partial charge in [0.2, 0.25) is 0 Å². The second-order valence-corrected chi connectivity index (χ2v) is 4.49. The molecule has 0 saturated heterocycles. The predicted octanol–water partition coefficient (Wildman–Crippen LogP) is 2.82.